The number of rotatable bonds is 5. The first-order chi connectivity index (χ1) is 9.76. The lowest BCUT2D eigenvalue weighted by atomic mass is 9.95. The molecule has 0 amide bonds. The molecule has 3 heterocycles. The van der Waals surface area contributed by atoms with Crippen LogP contribution >= 0.6 is 11.3 Å². The van der Waals surface area contributed by atoms with Crippen molar-refractivity contribution in [2.45, 2.75) is 25.9 Å². The van der Waals surface area contributed by atoms with Crippen molar-refractivity contribution in [1.82, 2.24) is 14.7 Å². The molecule has 1 aliphatic rings. The van der Waals surface area contributed by atoms with Gasteiger partial charge in [0.15, 0.2) is 0 Å². The van der Waals surface area contributed by atoms with Crippen LogP contribution in [0.5, 0.6) is 0 Å². The monoisotopic (exact) mass is 291 g/mol. The first-order valence-electron chi connectivity index (χ1n) is 7.10. The van der Waals surface area contributed by atoms with Gasteiger partial charge in [-0.2, -0.15) is 16.4 Å². The van der Waals surface area contributed by atoms with Crippen molar-refractivity contribution in [1.29, 1.82) is 0 Å². The first kappa shape index (κ1) is 13.8. The molecule has 0 spiro atoms. The summed E-state index contributed by atoms with van der Waals surface area (Å²) in [5, 5.41) is 8.98. The minimum absolute atomic E-state index is 0.436. The Labute approximate surface area is 124 Å². The molecule has 0 aliphatic carbocycles. The topological polar surface area (TPSA) is 30.3 Å². The van der Waals surface area contributed by atoms with E-state index in [2.05, 4.69) is 39.9 Å². The minimum atomic E-state index is 0.436. The van der Waals surface area contributed by atoms with E-state index >= 15 is 0 Å². The Morgan fingerprint density at radius 1 is 1.50 bits per heavy atom. The lowest BCUT2D eigenvalue weighted by molar-refractivity contribution is 0.105. The van der Waals surface area contributed by atoms with Gasteiger partial charge in [0.05, 0.1) is 12.3 Å². The van der Waals surface area contributed by atoms with Crippen LogP contribution in [0.15, 0.2) is 23.0 Å². The molecule has 1 aliphatic heterocycles. The molecule has 20 heavy (non-hydrogen) atoms. The Morgan fingerprint density at radius 2 is 2.40 bits per heavy atom. The van der Waals surface area contributed by atoms with Gasteiger partial charge in [0.2, 0.25) is 0 Å². The van der Waals surface area contributed by atoms with E-state index in [1.54, 1.807) is 11.3 Å². The summed E-state index contributed by atoms with van der Waals surface area (Å²) in [6.45, 7) is 6.60. The predicted octanol–water partition coefficient (Wildman–Crippen LogP) is 2.62. The summed E-state index contributed by atoms with van der Waals surface area (Å²) in [7, 11) is 2.00. The number of aromatic nitrogens is 2. The van der Waals surface area contributed by atoms with Gasteiger partial charge in [0, 0.05) is 51.0 Å². The van der Waals surface area contributed by atoms with Crippen LogP contribution in [0.4, 0.5) is 0 Å². The van der Waals surface area contributed by atoms with Gasteiger partial charge < -0.3 is 4.74 Å². The molecule has 0 saturated heterocycles. The smallest absolute Gasteiger partial charge is 0.0800 e. The van der Waals surface area contributed by atoms with E-state index in [9.17, 15) is 0 Å². The van der Waals surface area contributed by atoms with Crippen LogP contribution in [0.25, 0.3) is 0 Å². The molecular formula is C15H21N3OS. The summed E-state index contributed by atoms with van der Waals surface area (Å²) in [6.07, 6.45) is 2.15. The van der Waals surface area contributed by atoms with Gasteiger partial charge in [0.25, 0.3) is 0 Å². The second-order valence-corrected chi connectivity index (χ2v) is 6.14. The van der Waals surface area contributed by atoms with Gasteiger partial charge in [-0.15, -0.1) is 0 Å². The van der Waals surface area contributed by atoms with Gasteiger partial charge >= 0.3 is 0 Å². The largest absolute Gasteiger partial charge is 0.381 e. The second kappa shape index (κ2) is 6.08. The first-order valence-corrected chi connectivity index (χ1v) is 8.04. The molecule has 0 radical (unpaired) electrons. The van der Waals surface area contributed by atoms with Crippen LogP contribution in [-0.2, 0) is 24.9 Å². The highest BCUT2D eigenvalue weighted by Gasteiger charge is 2.28. The predicted molar refractivity (Wildman–Crippen MR) is 80.9 cm³/mol. The van der Waals surface area contributed by atoms with Crippen molar-refractivity contribution in [2.24, 2.45) is 7.05 Å². The zero-order valence-electron chi connectivity index (χ0n) is 12.1. The quantitative estimate of drug-likeness (QED) is 0.848. The standard InChI is InChI=1S/C15H21N3OS/c1-3-19-10-13-7-18(6-12-4-5-20-11-12)9-15-14(13)8-17(2)16-15/h4-5,8,11,13H,3,6-7,9-10H2,1-2H3. The van der Waals surface area contributed by atoms with Gasteiger partial charge in [0.1, 0.15) is 0 Å². The van der Waals surface area contributed by atoms with Gasteiger partial charge in [-0.25, -0.2) is 0 Å². The Kier molecular flexibility index (Phi) is 4.19. The van der Waals surface area contributed by atoms with Crippen molar-refractivity contribution >= 4 is 11.3 Å². The number of fused-ring (bicyclic) bond motifs is 1. The van der Waals surface area contributed by atoms with E-state index in [4.69, 9.17) is 4.74 Å². The molecule has 3 rings (SSSR count). The van der Waals surface area contributed by atoms with Crippen molar-refractivity contribution < 1.29 is 4.74 Å². The van der Waals surface area contributed by atoms with Crippen molar-refractivity contribution in [3.05, 3.63) is 39.8 Å². The Balaban J connectivity index is 1.76. The van der Waals surface area contributed by atoms with Crippen molar-refractivity contribution in [3.8, 4) is 0 Å². The fraction of sp³-hybridized carbons (Fsp3) is 0.533. The SMILES string of the molecule is CCOCC1CN(Cc2ccsc2)Cc2nn(C)cc21. The van der Waals surface area contributed by atoms with Gasteiger partial charge in [-0.3, -0.25) is 9.58 Å². The average molecular weight is 291 g/mol. The van der Waals surface area contributed by atoms with Gasteiger partial charge in [-0.1, -0.05) is 0 Å². The highest BCUT2D eigenvalue weighted by Crippen LogP contribution is 2.28. The van der Waals surface area contributed by atoms with E-state index < -0.39 is 0 Å². The number of nitrogens with zero attached hydrogens (tertiary/aromatic N) is 3. The second-order valence-electron chi connectivity index (χ2n) is 5.36. The molecule has 2 aromatic rings. The molecule has 0 N–H and O–H groups in total. The molecule has 0 fully saturated rings. The lowest BCUT2D eigenvalue weighted by Gasteiger charge is -2.31. The normalized spacial score (nSPS) is 19.2. The summed E-state index contributed by atoms with van der Waals surface area (Å²) in [5.74, 6) is 0.436. The van der Waals surface area contributed by atoms with E-state index in [0.717, 1.165) is 32.8 Å². The Hall–Kier alpha value is -1.17. The van der Waals surface area contributed by atoms with Crippen LogP contribution in [0.3, 0.4) is 0 Å². The maximum absolute atomic E-state index is 5.66. The number of hydrogen-bond donors (Lipinski definition) is 0. The molecule has 108 valence electrons. The third kappa shape index (κ3) is 2.95. The Morgan fingerprint density at radius 3 is 3.15 bits per heavy atom. The van der Waals surface area contributed by atoms with Crippen LogP contribution in [0.1, 0.15) is 29.7 Å². The zero-order chi connectivity index (χ0) is 13.9. The molecule has 4 nitrogen and oxygen atoms in total. The van der Waals surface area contributed by atoms with Gasteiger partial charge in [-0.05, 0) is 29.3 Å². The third-order valence-electron chi connectivity index (χ3n) is 3.74. The van der Waals surface area contributed by atoms with Crippen LogP contribution in [0.2, 0.25) is 0 Å². The van der Waals surface area contributed by atoms with E-state index in [0.29, 0.717) is 5.92 Å². The summed E-state index contributed by atoms with van der Waals surface area (Å²) >= 11 is 1.76. The van der Waals surface area contributed by atoms with Crippen molar-refractivity contribution in [3.63, 3.8) is 0 Å². The molecule has 5 heteroatoms. The molecule has 0 bridgehead atoms. The average Bonchev–Trinajstić information content (AvgIpc) is 3.04. The zero-order valence-corrected chi connectivity index (χ0v) is 12.9. The number of ether oxygens (including phenoxy) is 1. The molecular weight excluding hydrogens is 270 g/mol. The molecule has 0 aromatic carbocycles. The molecule has 1 unspecified atom stereocenters. The van der Waals surface area contributed by atoms with Crippen LogP contribution in [0, 0.1) is 0 Å². The van der Waals surface area contributed by atoms with Crippen LogP contribution < -0.4 is 0 Å². The van der Waals surface area contributed by atoms with E-state index in [1.165, 1.54) is 16.8 Å². The Bertz CT molecular complexity index is 549. The molecule has 0 saturated carbocycles. The fourth-order valence-electron chi connectivity index (χ4n) is 2.87. The maximum Gasteiger partial charge on any atom is 0.0800 e. The van der Waals surface area contributed by atoms with Crippen LogP contribution in [-0.4, -0.2) is 34.4 Å². The number of thiophene rings is 1. The molecule has 1 atom stereocenters. The highest BCUT2D eigenvalue weighted by atomic mass is 32.1. The molecule has 2 aromatic heterocycles. The summed E-state index contributed by atoms with van der Waals surface area (Å²) in [5.41, 5.74) is 3.96. The minimum Gasteiger partial charge on any atom is -0.381 e. The lowest BCUT2D eigenvalue weighted by Crippen LogP contribution is -2.34. The maximum atomic E-state index is 5.66. The third-order valence-corrected chi connectivity index (χ3v) is 4.47. The summed E-state index contributed by atoms with van der Waals surface area (Å²) < 4.78 is 7.59. The van der Waals surface area contributed by atoms with Crippen molar-refractivity contribution in [2.75, 3.05) is 19.8 Å². The highest BCUT2D eigenvalue weighted by molar-refractivity contribution is 7.07. The fourth-order valence-corrected chi connectivity index (χ4v) is 3.53. The van der Waals surface area contributed by atoms with E-state index in [1.807, 2.05) is 11.7 Å². The summed E-state index contributed by atoms with van der Waals surface area (Å²) in [6, 6.07) is 2.20. The number of hydrogen-bond acceptors (Lipinski definition) is 4. The van der Waals surface area contributed by atoms with E-state index in [-0.39, 0.29) is 0 Å². The number of aryl methyl sites for hydroxylation is 1. The summed E-state index contributed by atoms with van der Waals surface area (Å²) in [4.78, 5) is 2.47.